The molecule has 0 aromatic carbocycles. The molecule has 1 aliphatic heterocycles. The molecule has 2 aromatic rings. The number of methoxy groups -OCH3 is 1. The molecule has 3 heterocycles. The van der Waals surface area contributed by atoms with E-state index in [2.05, 4.69) is 15.0 Å². The molecule has 1 saturated carbocycles. The van der Waals surface area contributed by atoms with Crippen LogP contribution in [0.4, 0.5) is 11.5 Å². The Morgan fingerprint density at radius 1 is 1.23 bits per heavy atom. The summed E-state index contributed by atoms with van der Waals surface area (Å²) in [6.07, 6.45) is 7.45. The van der Waals surface area contributed by atoms with Gasteiger partial charge in [0.25, 0.3) is 5.91 Å². The zero-order chi connectivity index (χ0) is 21.1. The molecule has 30 heavy (non-hydrogen) atoms. The van der Waals surface area contributed by atoms with Crippen LogP contribution >= 0.6 is 0 Å². The number of ether oxygens (including phenoxy) is 2. The highest BCUT2D eigenvalue weighted by Crippen LogP contribution is 2.37. The van der Waals surface area contributed by atoms with Gasteiger partial charge in [0, 0.05) is 18.0 Å². The summed E-state index contributed by atoms with van der Waals surface area (Å²) >= 11 is 0. The highest BCUT2D eigenvalue weighted by atomic mass is 16.5. The van der Waals surface area contributed by atoms with E-state index in [4.69, 9.17) is 15.2 Å². The zero-order valence-electron chi connectivity index (χ0n) is 16.9. The van der Waals surface area contributed by atoms with Gasteiger partial charge in [0.15, 0.2) is 0 Å². The Kier molecular flexibility index (Phi) is 5.78. The van der Waals surface area contributed by atoms with Gasteiger partial charge >= 0.3 is 5.97 Å². The first-order chi connectivity index (χ1) is 14.6. The fourth-order valence-corrected chi connectivity index (χ4v) is 4.19. The highest BCUT2D eigenvalue weighted by molar-refractivity contribution is 6.10. The first kappa shape index (κ1) is 20.1. The van der Waals surface area contributed by atoms with Crippen molar-refractivity contribution in [3.63, 3.8) is 0 Å². The number of anilines is 2. The Balaban J connectivity index is 1.45. The Hall–Kier alpha value is -3.23. The number of nitrogen functional groups attached to an aromatic ring is 1. The Bertz CT molecular complexity index is 925. The molecule has 0 saturated heterocycles. The number of aromatic nitrogens is 3. The number of amides is 1. The van der Waals surface area contributed by atoms with E-state index in [1.54, 1.807) is 11.1 Å². The molecule has 9 nitrogen and oxygen atoms in total. The maximum Gasteiger partial charge on any atom is 0.305 e. The van der Waals surface area contributed by atoms with Crippen LogP contribution in [0.5, 0.6) is 5.88 Å². The van der Waals surface area contributed by atoms with Crippen LogP contribution in [0.1, 0.15) is 54.1 Å². The van der Waals surface area contributed by atoms with Crippen LogP contribution in [0.15, 0.2) is 24.7 Å². The topological polar surface area (TPSA) is 121 Å². The predicted octanol–water partition coefficient (Wildman–Crippen LogP) is 2.33. The molecule has 0 bridgehead atoms. The molecule has 158 valence electrons. The van der Waals surface area contributed by atoms with Crippen LogP contribution in [0, 0.1) is 5.92 Å². The quantitative estimate of drug-likeness (QED) is 0.761. The number of hydrogen-bond acceptors (Lipinski definition) is 8. The Morgan fingerprint density at radius 3 is 2.73 bits per heavy atom. The fourth-order valence-electron chi connectivity index (χ4n) is 4.19. The Morgan fingerprint density at radius 2 is 2.03 bits per heavy atom. The van der Waals surface area contributed by atoms with Crippen molar-refractivity contribution in [2.45, 2.75) is 38.0 Å². The highest BCUT2D eigenvalue weighted by Gasteiger charge is 2.29. The summed E-state index contributed by atoms with van der Waals surface area (Å²) in [5.41, 5.74) is 7.77. The average Bonchev–Trinajstić information content (AvgIpc) is 2.94. The van der Waals surface area contributed by atoms with Crippen molar-refractivity contribution in [1.29, 1.82) is 0 Å². The van der Waals surface area contributed by atoms with E-state index in [1.807, 2.05) is 12.1 Å². The number of carbonyl (C=O) groups excluding carboxylic acids is 2. The number of carbonyl (C=O) groups is 2. The Labute approximate surface area is 174 Å². The standard InChI is InChI=1S/C21H25N5O4/c1-29-17(27)10-13-2-4-14(5-3-13)16-7-6-15(11-23-16)26-8-9-30-20-18(21(26)28)19(22)24-12-25-20/h6-7,11-14H,2-5,8-10H2,1H3,(H2,22,24,25). The van der Waals surface area contributed by atoms with Crippen LogP contribution in [0.2, 0.25) is 0 Å². The van der Waals surface area contributed by atoms with E-state index < -0.39 is 0 Å². The zero-order valence-corrected chi connectivity index (χ0v) is 16.9. The maximum absolute atomic E-state index is 13.0. The van der Waals surface area contributed by atoms with E-state index in [0.717, 1.165) is 31.4 Å². The summed E-state index contributed by atoms with van der Waals surface area (Å²) in [6.45, 7) is 0.676. The second kappa shape index (κ2) is 8.64. The first-order valence-electron chi connectivity index (χ1n) is 10.1. The summed E-state index contributed by atoms with van der Waals surface area (Å²) in [5.74, 6) is 0.628. The van der Waals surface area contributed by atoms with Gasteiger partial charge in [-0.1, -0.05) is 0 Å². The number of nitrogens with zero attached hydrogens (tertiary/aromatic N) is 4. The van der Waals surface area contributed by atoms with Gasteiger partial charge in [0.2, 0.25) is 5.88 Å². The molecule has 2 aliphatic rings. The third kappa shape index (κ3) is 4.05. The lowest BCUT2D eigenvalue weighted by atomic mass is 9.79. The molecule has 1 fully saturated rings. The minimum Gasteiger partial charge on any atom is -0.475 e. The number of hydrogen-bond donors (Lipinski definition) is 1. The van der Waals surface area contributed by atoms with Crippen molar-refractivity contribution in [3.8, 4) is 5.88 Å². The lowest BCUT2D eigenvalue weighted by Gasteiger charge is -2.28. The molecule has 0 unspecified atom stereocenters. The largest absolute Gasteiger partial charge is 0.475 e. The normalized spacial score (nSPS) is 21.4. The van der Waals surface area contributed by atoms with E-state index in [0.29, 0.717) is 37.1 Å². The van der Waals surface area contributed by atoms with E-state index in [1.165, 1.54) is 13.4 Å². The van der Waals surface area contributed by atoms with Crippen molar-refractivity contribution in [3.05, 3.63) is 35.9 Å². The van der Waals surface area contributed by atoms with Gasteiger partial charge in [-0.3, -0.25) is 14.6 Å². The van der Waals surface area contributed by atoms with E-state index in [9.17, 15) is 9.59 Å². The first-order valence-corrected chi connectivity index (χ1v) is 10.1. The van der Waals surface area contributed by atoms with Gasteiger partial charge in [-0.2, -0.15) is 0 Å². The van der Waals surface area contributed by atoms with Gasteiger partial charge in [0.1, 0.15) is 24.3 Å². The maximum atomic E-state index is 13.0. The van der Waals surface area contributed by atoms with Crippen molar-refractivity contribution >= 4 is 23.4 Å². The molecule has 2 aromatic heterocycles. The number of rotatable bonds is 4. The minimum absolute atomic E-state index is 0.102. The van der Waals surface area contributed by atoms with Crippen LogP contribution in [-0.2, 0) is 9.53 Å². The SMILES string of the molecule is COC(=O)CC1CCC(c2ccc(N3CCOc4ncnc(N)c4C3=O)cn2)CC1. The summed E-state index contributed by atoms with van der Waals surface area (Å²) < 4.78 is 10.3. The average molecular weight is 411 g/mol. The molecule has 1 aliphatic carbocycles. The third-order valence-corrected chi connectivity index (χ3v) is 5.88. The summed E-state index contributed by atoms with van der Waals surface area (Å²) in [4.78, 5) is 38.6. The van der Waals surface area contributed by atoms with Gasteiger partial charge in [-0.15, -0.1) is 0 Å². The number of fused-ring (bicyclic) bond motifs is 1. The smallest absolute Gasteiger partial charge is 0.305 e. The second-order valence-corrected chi connectivity index (χ2v) is 7.68. The molecule has 1 amide bonds. The van der Waals surface area contributed by atoms with Gasteiger partial charge < -0.3 is 20.1 Å². The lowest BCUT2D eigenvalue weighted by molar-refractivity contribution is -0.142. The number of nitrogens with two attached hydrogens (primary N) is 1. The van der Waals surface area contributed by atoms with Gasteiger partial charge in [-0.25, -0.2) is 9.97 Å². The van der Waals surface area contributed by atoms with Crippen LogP contribution < -0.4 is 15.4 Å². The molecule has 0 radical (unpaired) electrons. The minimum atomic E-state index is -0.293. The lowest BCUT2D eigenvalue weighted by Crippen LogP contribution is -2.33. The van der Waals surface area contributed by atoms with Crippen molar-refractivity contribution in [2.75, 3.05) is 30.9 Å². The molecular weight excluding hydrogens is 386 g/mol. The fraction of sp³-hybridized carbons (Fsp3) is 0.476. The summed E-state index contributed by atoms with van der Waals surface area (Å²) in [7, 11) is 1.43. The molecule has 2 N–H and O–H groups in total. The third-order valence-electron chi connectivity index (χ3n) is 5.88. The number of esters is 1. The molecule has 9 heteroatoms. The van der Waals surface area contributed by atoms with Crippen LogP contribution in [-0.4, -0.2) is 47.1 Å². The van der Waals surface area contributed by atoms with Crippen molar-refractivity contribution < 1.29 is 19.1 Å². The molecule has 0 atom stereocenters. The molecule has 0 spiro atoms. The summed E-state index contributed by atoms with van der Waals surface area (Å²) in [5, 5.41) is 0. The number of pyridine rings is 1. The van der Waals surface area contributed by atoms with E-state index in [-0.39, 0.29) is 29.1 Å². The van der Waals surface area contributed by atoms with Crippen molar-refractivity contribution in [1.82, 2.24) is 15.0 Å². The monoisotopic (exact) mass is 411 g/mol. The predicted molar refractivity (Wildman–Crippen MR) is 109 cm³/mol. The van der Waals surface area contributed by atoms with Crippen LogP contribution in [0.3, 0.4) is 0 Å². The second-order valence-electron chi connectivity index (χ2n) is 7.68. The summed E-state index contributed by atoms with van der Waals surface area (Å²) in [6, 6.07) is 3.89. The molecular formula is C21H25N5O4. The van der Waals surface area contributed by atoms with Gasteiger partial charge in [0.05, 0.1) is 25.5 Å². The molecule has 4 rings (SSSR count). The van der Waals surface area contributed by atoms with Crippen LogP contribution in [0.25, 0.3) is 0 Å². The van der Waals surface area contributed by atoms with Gasteiger partial charge in [-0.05, 0) is 43.7 Å². The van der Waals surface area contributed by atoms with Crippen molar-refractivity contribution in [2.24, 2.45) is 5.92 Å². The van der Waals surface area contributed by atoms with E-state index >= 15 is 0 Å².